The molecule has 4 heteroatoms. The number of hydrogen-bond acceptors (Lipinski definition) is 3. The van der Waals surface area contributed by atoms with Gasteiger partial charge < -0.3 is 10.6 Å². The molecule has 102 valence electrons. The molecule has 2 N–H and O–H groups in total. The fourth-order valence-corrected chi connectivity index (χ4v) is 2.50. The number of aromatic nitrogens is 1. The van der Waals surface area contributed by atoms with Crippen LogP contribution < -0.4 is 5.73 Å². The van der Waals surface area contributed by atoms with Crippen LogP contribution in [0.1, 0.15) is 16.8 Å². The normalized spacial score (nSPS) is 18.2. The molecule has 1 aliphatic heterocycles. The van der Waals surface area contributed by atoms with Gasteiger partial charge in [-0.3, -0.25) is 9.78 Å². The minimum atomic E-state index is 0.0687. The van der Waals surface area contributed by atoms with E-state index in [-0.39, 0.29) is 11.9 Å². The Morgan fingerprint density at radius 1 is 1.10 bits per heavy atom. The third kappa shape index (κ3) is 2.56. The van der Waals surface area contributed by atoms with Crippen LogP contribution in [0.3, 0.4) is 0 Å². The lowest BCUT2D eigenvalue weighted by Gasteiger charge is -2.15. The van der Waals surface area contributed by atoms with Gasteiger partial charge in [-0.05, 0) is 41.8 Å². The van der Waals surface area contributed by atoms with E-state index in [0.29, 0.717) is 6.54 Å². The van der Waals surface area contributed by atoms with Crippen molar-refractivity contribution in [3.05, 3.63) is 54.4 Å². The van der Waals surface area contributed by atoms with Gasteiger partial charge in [0.15, 0.2) is 0 Å². The number of likely N-dealkylation sites (tertiary alicyclic amines) is 1. The first-order valence-electron chi connectivity index (χ1n) is 6.79. The van der Waals surface area contributed by atoms with Crippen LogP contribution >= 0.6 is 0 Å². The molecule has 1 atom stereocenters. The molecule has 0 bridgehead atoms. The molecule has 1 fully saturated rings. The van der Waals surface area contributed by atoms with Crippen molar-refractivity contribution in [1.29, 1.82) is 0 Å². The summed E-state index contributed by atoms with van der Waals surface area (Å²) < 4.78 is 0. The van der Waals surface area contributed by atoms with E-state index in [1.54, 1.807) is 12.4 Å². The van der Waals surface area contributed by atoms with Crippen LogP contribution in [0.2, 0.25) is 0 Å². The highest BCUT2D eigenvalue weighted by molar-refractivity contribution is 5.95. The SMILES string of the molecule is NC1CCN(C(=O)c2ccc(-c3ccncc3)cc2)C1. The van der Waals surface area contributed by atoms with Gasteiger partial charge in [0.1, 0.15) is 0 Å². The number of nitrogens with zero attached hydrogens (tertiary/aromatic N) is 2. The maximum absolute atomic E-state index is 12.3. The van der Waals surface area contributed by atoms with Gasteiger partial charge in [-0.15, -0.1) is 0 Å². The number of pyridine rings is 1. The van der Waals surface area contributed by atoms with Crippen LogP contribution in [0.5, 0.6) is 0 Å². The van der Waals surface area contributed by atoms with Gasteiger partial charge in [-0.25, -0.2) is 0 Å². The van der Waals surface area contributed by atoms with Gasteiger partial charge in [0, 0.05) is 37.1 Å². The van der Waals surface area contributed by atoms with Gasteiger partial charge >= 0.3 is 0 Å². The monoisotopic (exact) mass is 267 g/mol. The molecule has 1 unspecified atom stereocenters. The molecule has 0 spiro atoms. The summed E-state index contributed by atoms with van der Waals surface area (Å²) in [6, 6.07) is 11.7. The van der Waals surface area contributed by atoms with Gasteiger partial charge in [0.2, 0.25) is 0 Å². The van der Waals surface area contributed by atoms with Crippen LogP contribution in [-0.4, -0.2) is 34.9 Å². The standard InChI is InChI=1S/C16H17N3O/c17-15-7-10-19(11-15)16(20)14-3-1-12(2-4-14)13-5-8-18-9-6-13/h1-6,8-9,15H,7,10-11,17H2. The summed E-state index contributed by atoms with van der Waals surface area (Å²) in [4.78, 5) is 18.1. The van der Waals surface area contributed by atoms with Crippen LogP contribution in [0, 0.1) is 0 Å². The van der Waals surface area contributed by atoms with Crippen LogP contribution in [0.25, 0.3) is 11.1 Å². The Balaban J connectivity index is 1.78. The first-order valence-corrected chi connectivity index (χ1v) is 6.79. The highest BCUT2D eigenvalue weighted by atomic mass is 16.2. The van der Waals surface area contributed by atoms with E-state index in [2.05, 4.69) is 4.98 Å². The lowest BCUT2D eigenvalue weighted by Crippen LogP contribution is -2.31. The molecule has 1 aliphatic rings. The van der Waals surface area contributed by atoms with Crippen molar-refractivity contribution in [2.45, 2.75) is 12.5 Å². The van der Waals surface area contributed by atoms with E-state index in [4.69, 9.17) is 5.73 Å². The van der Waals surface area contributed by atoms with E-state index < -0.39 is 0 Å². The molecule has 3 rings (SSSR count). The Morgan fingerprint density at radius 3 is 2.35 bits per heavy atom. The fraction of sp³-hybridized carbons (Fsp3) is 0.250. The summed E-state index contributed by atoms with van der Waals surface area (Å²) in [5.41, 5.74) is 8.75. The van der Waals surface area contributed by atoms with Gasteiger partial charge in [-0.1, -0.05) is 12.1 Å². The van der Waals surface area contributed by atoms with Gasteiger partial charge in [-0.2, -0.15) is 0 Å². The molecule has 1 aromatic heterocycles. The quantitative estimate of drug-likeness (QED) is 0.904. The Hall–Kier alpha value is -2.20. The van der Waals surface area contributed by atoms with Crippen molar-refractivity contribution < 1.29 is 4.79 Å². The van der Waals surface area contributed by atoms with Crippen LogP contribution in [0.15, 0.2) is 48.8 Å². The number of amides is 1. The number of carbonyl (C=O) groups excluding carboxylic acids is 1. The third-order valence-corrected chi connectivity index (χ3v) is 3.66. The molecule has 1 amide bonds. The summed E-state index contributed by atoms with van der Waals surface area (Å²) >= 11 is 0. The molecule has 1 aromatic carbocycles. The second-order valence-corrected chi connectivity index (χ2v) is 5.11. The molecule has 2 aromatic rings. The highest BCUT2D eigenvalue weighted by Gasteiger charge is 2.24. The summed E-state index contributed by atoms with van der Waals surface area (Å²) in [5.74, 6) is 0.0687. The van der Waals surface area contributed by atoms with Crippen molar-refractivity contribution in [2.75, 3.05) is 13.1 Å². The molecule has 20 heavy (non-hydrogen) atoms. The van der Waals surface area contributed by atoms with Gasteiger partial charge in [0.05, 0.1) is 0 Å². The zero-order valence-corrected chi connectivity index (χ0v) is 11.2. The third-order valence-electron chi connectivity index (χ3n) is 3.66. The van der Waals surface area contributed by atoms with Crippen LogP contribution in [-0.2, 0) is 0 Å². The number of carbonyl (C=O) groups is 1. The molecule has 0 radical (unpaired) electrons. The van der Waals surface area contributed by atoms with Crippen molar-refractivity contribution in [2.24, 2.45) is 5.73 Å². The molecule has 2 heterocycles. The Morgan fingerprint density at radius 2 is 1.75 bits per heavy atom. The van der Waals surface area contributed by atoms with Crippen molar-refractivity contribution in [1.82, 2.24) is 9.88 Å². The summed E-state index contributed by atoms with van der Waals surface area (Å²) in [5, 5.41) is 0. The molecule has 0 aliphatic carbocycles. The Bertz CT molecular complexity index is 595. The molecular weight excluding hydrogens is 250 g/mol. The Kier molecular flexibility index (Phi) is 3.48. The highest BCUT2D eigenvalue weighted by Crippen LogP contribution is 2.20. The minimum absolute atomic E-state index is 0.0687. The van der Waals surface area contributed by atoms with Gasteiger partial charge in [0.25, 0.3) is 5.91 Å². The topological polar surface area (TPSA) is 59.2 Å². The lowest BCUT2D eigenvalue weighted by atomic mass is 10.0. The second-order valence-electron chi connectivity index (χ2n) is 5.11. The van der Waals surface area contributed by atoms with Crippen LogP contribution in [0.4, 0.5) is 0 Å². The summed E-state index contributed by atoms with van der Waals surface area (Å²) in [7, 11) is 0. The van der Waals surface area contributed by atoms with E-state index in [1.807, 2.05) is 41.3 Å². The lowest BCUT2D eigenvalue weighted by molar-refractivity contribution is 0.0791. The maximum atomic E-state index is 12.3. The number of benzene rings is 1. The zero-order valence-electron chi connectivity index (χ0n) is 11.2. The van der Waals surface area contributed by atoms with E-state index in [9.17, 15) is 4.79 Å². The number of rotatable bonds is 2. The van der Waals surface area contributed by atoms with E-state index >= 15 is 0 Å². The molecule has 0 saturated carbocycles. The first-order chi connectivity index (χ1) is 9.74. The van der Waals surface area contributed by atoms with Crippen molar-refractivity contribution in [3.8, 4) is 11.1 Å². The smallest absolute Gasteiger partial charge is 0.253 e. The maximum Gasteiger partial charge on any atom is 0.253 e. The van der Waals surface area contributed by atoms with E-state index in [0.717, 1.165) is 29.7 Å². The first kappa shape index (κ1) is 12.8. The molecule has 1 saturated heterocycles. The Labute approximate surface area is 118 Å². The predicted molar refractivity (Wildman–Crippen MR) is 78.2 cm³/mol. The fourth-order valence-electron chi connectivity index (χ4n) is 2.50. The largest absolute Gasteiger partial charge is 0.337 e. The average Bonchev–Trinajstić information content (AvgIpc) is 2.94. The average molecular weight is 267 g/mol. The zero-order chi connectivity index (χ0) is 13.9. The van der Waals surface area contributed by atoms with Crippen molar-refractivity contribution in [3.63, 3.8) is 0 Å². The van der Waals surface area contributed by atoms with Crippen molar-refractivity contribution >= 4 is 5.91 Å². The summed E-state index contributed by atoms with van der Waals surface area (Å²) in [6.45, 7) is 1.41. The molecular formula is C16H17N3O. The minimum Gasteiger partial charge on any atom is -0.337 e. The molecule has 4 nitrogen and oxygen atoms in total. The number of nitrogens with two attached hydrogens (primary N) is 1. The summed E-state index contributed by atoms with van der Waals surface area (Å²) in [6.07, 6.45) is 4.42. The van der Waals surface area contributed by atoms with E-state index in [1.165, 1.54) is 0 Å². The number of hydrogen-bond donors (Lipinski definition) is 1. The second kappa shape index (κ2) is 5.43. The predicted octanol–water partition coefficient (Wildman–Crippen LogP) is 1.92.